The van der Waals surface area contributed by atoms with Gasteiger partial charge in [-0.25, -0.2) is 4.98 Å². The highest BCUT2D eigenvalue weighted by atomic mass is 32.1. The molecule has 0 aliphatic heterocycles. The molecule has 6 heteroatoms. The molecule has 120 valence electrons. The topological polar surface area (TPSA) is 49.3 Å². The Morgan fingerprint density at radius 3 is 2.68 bits per heavy atom. The third-order valence-electron chi connectivity index (χ3n) is 3.21. The van der Waals surface area contributed by atoms with E-state index in [0.717, 1.165) is 25.3 Å². The van der Waals surface area contributed by atoms with Crippen molar-refractivity contribution in [3.05, 3.63) is 38.0 Å². The Kier molecular flexibility index (Phi) is 6.39. The van der Waals surface area contributed by atoms with Crippen molar-refractivity contribution in [1.29, 1.82) is 0 Å². The molecule has 4 nitrogen and oxygen atoms in total. The molecule has 0 bridgehead atoms. The van der Waals surface area contributed by atoms with Crippen molar-refractivity contribution in [3.63, 3.8) is 0 Å². The standard InChI is InChI=1S/C16H24N4S2/c1-11(9-14-6-5-12(2)21-14)20-16(17-4)18-8-7-15-19-10-13(3)22-15/h5-6,10-11H,7-9H2,1-4H3,(H2,17,18,20). The number of aromatic nitrogens is 1. The molecule has 0 fully saturated rings. The minimum Gasteiger partial charge on any atom is -0.356 e. The van der Waals surface area contributed by atoms with Gasteiger partial charge in [0, 0.05) is 53.3 Å². The molecule has 0 aliphatic carbocycles. The fourth-order valence-corrected chi connectivity index (χ4v) is 3.99. The Balaban J connectivity index is 1.74. The molecular formula is C16H24N4S2. The Morgan fingerprint density at radius 2 is 2.09 bits per heavy atom. The lowest BCUT2D eigenvalue weighted by Crippen LogP contribution is -2.43. The number of rotatable bonds is 6. The molecule has 0 saturated heterocycles. The third kappa shape index (κ3) is 5.42. The lowest BCUT2D eigenvalue weighted by atomic mass is 10.2. The van der Waals surface area contributed by atoms with Crippen molar-refractivity contribution in [2.24, 2.45) is 4.99 Å². The van der Waals surface area contributed by atoms with E-state index in [4.69, 9.17) is 0 Å². The van der Waals surface area contributed by atoms with E-state index in [1.807, 2.05) is 24.6 Å². The van der Waals surface area contributed by atoms with Crippen LogP contribution in [0.15, 0.2) is 23.3 Å². The number of guanidine groups is 1. The summed E-state index contributed by atoms with van der Waals surface area (Å²) in [6.45, 7) is 7.26. The minimum absolute atomic E-state index is 0.353. The first-order chi connectivity index (χ1) is 10.6. The average Bonchev–Trinajstić information content (AvgIpc) is 3.06. The summed E-state index contributed by atoms with van der Waals surface area (Å²) < 4.78 is 0. The number of thiophene rings is 1. The first kappa shape index (κ1) is 17.0. The van der Waals surface area contributed by atoms with Crippen molar-refractivity contribution in [3.8, 4) is 0 Å². The van der Waals surface area contributed by atoms with Crippen LogP contribution >= 0.6 is 22.7 Å². The lowest BCUT2D eigenvalue weighted by molar-refractivity contribution is 0.644. The molecule has 0 spiro atoms. The maximum Gasteiger partial charge on any atom is 0.191 e. The van der Waals surface area contributed by atoms with Crippen LogP contribution in [0.4, 0.5) is 0 Å². The van der Waals surface area contributed by atoms with Gasteiger partial charge in [0.1, 0.15) is 0 Å². The third-order valence-corrected chi connectivity index (χ3v) is 5.21. The van der Waals surface area contributed by atoms with E-state index in [1.165, 1.54) is 19.6 Å². The Hall–Kier alpha value is -1.40. The molecule has 0 saturated carbocycles. The Bertz CT molecular complexity index is 615. The van der Waals surface area contributed by atoms with E-state index in [0.29, 0.717) is 6.04 Å². The molecule has 2 heterocycles. The number of thiazole rings is 1. The summed E-state index contributed by atoms with van der Waals surface area (Å²) in [5.74, 6) is 0.856. The molecule has 2 aromatic rings. The first-order valence-electron chi connectivity index (χ1n) is 7.50. The van der Waals surface area contributed by atoms with Crippen LogP contribution in [0.3, 0.4) is 0 Å². The van der Waals surface area contributed by atoms with Gasteiger partial charge < -0.3 is 10.6 Å². The maximum absolute atomic E-state index is 4.38. The van der Waals surface area contributed by atoms with E-state index >= 15 is 0 Å². The normalized spacial score (nSPS) is 13.2. The van der Waals surface area contributed by atoms with E-state index in [1.54, 1.807) is 11.3 Å². The van der Waals surface area contributed by atoms with Crippen molar-refractivity contribution in [1.82, 2.24) is 15.6 Å². The first-order valence-corrected chi connectivity index (χ1v) is 9.14. The number of aryl methyl sites for hydroxylation is 2. The summed E-state index contributed by atoms with van der Waals surface area (Å²) in [5.41, 5.74) is 0. The summed E-state index contributed by atoms with van der Waals surface area (Å²) in [6.07, 6.45) is 3.88. The monoisotopic (exact) mass is 336 g/mol. The van der Waals surface area contributed by atoms with Crippen molar-refractivity contribution in [2.75, 3.05) is 13.6 Å². The number of hydrogen-bond acceptors (Lipinski definition) is 4. The van der Waals surface area contributed by atoms with Gasteiger partial charge in [-0.2, -0.15) is 0 Å². The molecule has 1 atom stereocenters. The molecule has 2 aromatic heterocycles. The van der Waals surface area contributed by atoms with Crippen molar-refractivity contribution < 1.29 is 0 Å². The summed E-state index contributed by atoms with van der Waals surface area (Å²) in [4.78, 5) is 12.7. The maximum atomic E-state index is 4.38. The molecular weight excluding hydrogens is 312 g/mol. The van der Waals surface area contributed by atoms with Gasteiger partial charge in [-0.3, -0.25) is 4.99 Å². The van der Waals surface area contributed by atoms with Crippen molar-refractivity contribution >= 4 is 28.6 Å². The van der Waals surface area contributed by atoms with Gasteiger partial charge in [0.2, 0.25) is 0 Å². The second-order valence-corrected chi connectivity index (χ2v) is 8.07. The van der Waals surface area contributed by atoms with Crippen LogP contribution in [0.1, 0.15) is 26.6 Å². The Labute approximate surface area is 140 Å². The quantitative estimate of drug-likeness (QED) is 0.629. The SMILES string of the molecule is CN=C(NCCc1ncc(C)s1)NC(C)Cc1ccc(C)s1. The molecule has 2 N–H and O–H groups in total. The van der Waals surface area contributed by atoms with Gasteiger partial charge in [0.05, 0.1) is 5.01 Å². The highest BCUT2D eigenvalue weighted by Gasteiger charge is 2.08. The van der Waals surface area contributed by atoms with Gasteiger partial charge in [-0.15, -0.1) is 22.7 Å². The van der Waals surface area contributed by atoms with E-state index in [2.05, 4.69) is 53.5 Å². The summed E-state index contributed by atoms with van der Waals surface area (Å²) >= 11 is 3.62. The predicted molar refractivity (Wildman–Crippen MR) is 97.3 cm³/mol. The fourth-order valence-electron chi connectivity index (χ4n) is 2.18. The van der Waals surface area contributed by atoms with Crippen molar-refractivity contribution in [2.45, 2.75) is 39.7 Å². The van der Waals surface area contributed by atoms with Crippen LogP contribution in [0.5, 0.6) is 0 Å². The van der Waals surface area contributed by atoms with E-state index < -0.39 is 0 Å². The molecule has 0 aromatic carbocycles. The van der Waals surface area contributed by atoms with Crippen LogP contribution in [0.25, 0.3) is 0 Å². The van der Waals surface area contributed by atoms with Crippen LogP contribution in [0.2, 0.25) is 0 Å². The van der Waals surface area contributed by atoms with Gasteiger partial charge in [-0.1, -0.05) is 0 Å². The minimum atomic E-state index is 0.353. The second-order valence-electron chi connectivity index (χ2n) is 5.38. The summed E-state index contributed by atoms with van der Waals surface area (Å²) in [7, 11) is 1.81. The number of hydrogen-bond donors (Lipinski definition) is 2. The second kappa shape index (κ2) is 8.29. The van der Waals surface area contributed by atoms with E-state index in [-0.39, 0.29) is 0 Å². The molecule has 0 aliphatic rings. The number of aliphatic imine (C=N–C) groups is 1. The highest BCUT2D eigenvalue weighted by Crippen LogP contribution is 2.16. The molecule has 2 rings (SSSR count). The smallest absolute Gasteiger partial charge is 0.191 e. The zero-order valence-corrected chi connectivity index (χ0v) is 15.3. The predicted octanol–water partition coefficient (Wildman–Crippen LogP) is 3.16. The molecule has 22 heavy (non-hydrogen) atoms. The van der Waals surface area contributed by atoms with Crippen LogP contribution in [0, 0.1) is 13.8 Å². The van der Waals surface area contributed by atoms with Crippen LogP contribution in [-0.2, 0) is 12.8 Å². The number of nitrogens with one attached hydrogen (secondary N) is 2. The molecule has 0 amide bonds. The fraction of sp³-hybridized carbons (Fsp3) is 0.500. The molecule has 1 unspecified atom stereocenters. The highest BCUT2D eigenvalue weighted by molar-refractivity contribution is 7.12. The molecule has 0 radical (unpaired) electrons. The number of nitrogens with zero attached hydrogens (tertiary/aromatic N) is 2. The Morgan fingerprint density at radius 1 is 1.27 bits per heavy atom. The summed E-state index contributed by atoms with van der Waals surface area (Å²) in [5, 5.41) is 7.97. The van der Waals surface area contributed by atoms with E-state index in [9.17, 15) is 0 Å². The zero-order chi connectivity index (χ0) is 15.9. The van der Waals surface area contributed by atoms with Gasteiger partial charge in [-0.05, 0) is 32.9 Å². The van der Waals surface area contributed by atoms with Crippen LogP contribution in [-0.4, -0.2) is 30.6 Å². The zero-order valence-electron chi connectivity index (χ0n) is 13.6. The average molecular weight is 337 g/mol. The van der Waals surface area contributed by atoms with Crippen LogP contribution < -0.4 is 10.6 Å². The van der Waals surface area contributed by atoms with Gasteiger partial charge in [0.25, 0.3) is 0 Å². The van der Waals surface area contributed by atoms with Gasteiger partial charge >= 0.3 is 0 Å². The lowest BCUT2D eigenvalue weighted by Gasteiger charge is -2.17. The summed E-state index contributed by atoms with van der Waals surface area (Å²) in [6, 6.07) is 4.74. The van der Waals surface area contributed by atoms with Gasteiger partial charge in [0.15, 0.2) is 5.96 Å². The largest absolute Gasteiger partial charge is 0.356 e.